The predicted octanol–water partition coefficient (Wildman–Crippen LogP) is 4.79. The highest BCUT2D eigenvalue weighted by molar-refractivity contribution is 9.10. The molecule has 2 heterocycles. The number of carbonyl (C=O) groups excluding carboxylic acids is 1. The van der Waals surface area contributed by atoms with Gasteiger partial charge in [0, 0.05) is 21.6 Å². The first kappa shape index (κ1) is 13.6. The minimum atomic E-state index is -0.0828. The second-order valence-corrected chi connectivity index (χ2v) is 6.47. The van der Waals surface area contributed by atoms with Crippen LogP contribution in [0.25, 0.3) is 11.0 Å². The van der Waals surface area contributed by atoms with Crippen LogP contribution in [0.3, 0.4) is 0 Å². The Hall–Kier alpha value is -2.07. The van der Waals surface area contributed by atoms with Crippen molar-refractivity contribution < 1.29 is 9.21 Å². The summed E-state index contributed by atoms with van der Waals surface area (Å²) >= 11 is 3.50. The van der Waals surface area contributed by atoms with Crippen LogP contribution < -0.4 is 4.90 Å². The summed E-state index contributed by atoms with van der Waals surface area (Å²) in [5.41, 5.74) is 2.91. The van der Waals surface area contributed by atoms with Crippen molar-refractivity contribution in [3.63, 3.8) is 0 Å². The summed E-state index contributed by atoms with van der Waals surface area (Å²) < 4.78 is 6.70. The summed E-state index contributed by atoms with van der Waals surface area (Å²) in [5.74, 6) is 0.297. The Labute approximate surface area is 136 Å². The van der Waals surface area contributed by atoms with E-state index in [9.17, 15) is 4.79 Å². The normalized spacial score (nSPS) is 17.0. The van der Waals surface area contributed by atoms with E-state index in [1.54, 1.807) is 0 Å². The molecule has 1 atom stereocenters. The maximum absolute atomic E-state index is 12.9. The lowest BCUT2D eigenvalue weighted by atomic mass is 10.1. The highest BCUT2D eigenvalue weighted by Gasteiger charge is 2.32. The number of anilines is 1. The molecule has 4 rings (SSSR count). The van der Waals surface area contributed by atoms with E-state index in [1.807, 2.05) is 47.4 Å². The maximum atomic E-state index is 12.9. The van der Waals surface area contributed by atoms with Crippen LogP contribution in [0.4, 0.5) is 5.69 Å². The molecule has 1 aliphatic rings. The van der Waals surface area contributed by atoms with E-state index >= 15 is 0 Å². The van der Waals surface area contributed by atoms with Crippen molar-refractivity contribution >= 4 is 38.5 Å². The average Bonchev–Trinajstić information content (AvgIpc) is 3.07. The number of halogens is 1. The van der Waals surface area contributed by atoms with Crippen molar-refractivity contribution in [2.75, 3.05) is 4.90 Å². The topological polar surface area (TPSA) is 33.5 Å². The van der Waals surface area contributed by atoms with Gasteiger partial charge in [0.05, 0.1) is 0 Å². The number of hydrogen-bond donors (Lipinski definition) is 0. The number of hydrogen-bond acceptors (Lipinski definition) is 2. The van der Waals surface area contributed by atoms with Crippen LogP contribution in [-0.2, 0) is 6.42 Å². The molecular formula is C18H14BrNO2. The van der Waals surface area contributed by atoms with Gasteiger partial charge in [-0.15, -0.1) is 0 Å². The van der Waals surface area contributed by atoms with Gasteiger partial charge in [0.15, 0.2) is 5.76 Å². The lowest BCUT2D eigenvalue weighted by Gasteiger charge is -2.21. The van der Waals surface area contributed by atoms with E-state index in [4.69, 9.17) is 4.42 Å². The van der Waals surface area contributed by atoms with Gasteiger partial charge in [-0.2, -0.15) is 0 Å². The molecule has 0 radical (unpaired) electrons. The summed E-state index contributed by atoms with van der Waals surface area (Å²) in [6.07, 6.45) is 0.881. The summed E-state index contributed by atoms with van der Waals surface area (Å²) in [6.45, 7) is 2.07. The van der Waals surface area contributed by atoms with Crippen LogP contribution in [0, 0.1) is 0 Å². The van der Waals surface area contributed by atoms with E-state index in [1.165, 1.54) is 5.56 Å². The van der Waals surface area contributed by atoms with Gasteiger partial charge >= 0.3 is 0 Å². The number of para-hydroxylation sites is 1. The SMILES string of the molecule is CC1Cc2ccccc2N1C(=O)c1cc2c(Br)cccc2o1. The number of carbonyl (C=O) groups is 1. The molecule has 3 nitrogen and oxygen atoms in total. The van der Waals surface area contributed by atoms with Crippen molar-refractivity contribution in [1.82, 2.24) is 0 Å². The zero-order valence-corrected chi connectivity index (χ0v) is 13.6. The fourth-order valence-electron chi connectivity index (χ4n) is 3.12. The molecule has 0 N–H and O–H groups in total. The van der Waals surface area contributed by atoms with E-state index in [0.717, 1.165) is 27.6 Å². The molecule has 2 aromatic carbocycles. The molecule has 0 saturated heterocycles. The van der Waals surface area contributed by atoms with E-state index in [-0.39, 0.29) is 11.9 Å². The van der Waals surface area contributed by atoms with Crippen LogP contribution in [0.2, 0.25) is 0 Å². The Morgan fingerprint density at radius 1 is 1.23 bits per heavy atom. The molecule has 110 valence electrons. The fourth-order valence-corrected chi connectivity index (χ4v) is 3.59. The molecule has 1 unspecified atom stereocenters. The number of furan rings is 1. The van der Waals surface area contributed by atoms with Gasteiger partial charge in [0.1, 0.15) is 5.58 Å². The standard InChI is InChI=1S/C18H14BrNO2/c1-11-9-12-5-2-3-7-15(12)20(11)18(21)17-10-13-14(19)6-4-8-16(13)22-17/h2-8,10-11H,9H2,1H3. The van der Waals surface area contributed by atoms with Crippen molar-refractivity contribution in [2.45, 2.75) is 19.4 Å². The van der Waals surface area contributed by atoms with Gasteiger partial charge in [-0.3, -0.25) is 4.79 Å². The molecule has 22 heavy (non-hydrogen) atoms. The number of fused-ring (bicyclic) bond motifs is 2. The minimum absolute atomic E-state index is 0.0828. The number of rotatable bonds is 1. The molecule has 4 heteroatoms. The first-order valence-corrected chi connectivity index (χ1v) is 8.04. The van der Waals surface area contributed by atoms with E-state index in [2.05, 4.69) is 28.9 Å². The second-order valence-electron chi connectivity index (χ2n) is 5.62. The number of amides is 1. The minimum Gasteiger partial charge on any atom is -0.451 e. The molecule has 1 aliphatic heterocycles. The van der Waals surface area contributed by atoms with Gasteiger partial charge in [0.25, 0.3) is 5.91 Å². The zero-order chi connectivity index (χ0) is 15.3. The van der Waals surface area contributed by atoms with Crippen molar-refractivity contribution in [3.05, 3.63) is 64.3 Å². The van der Waals surface area contributed by atoms with Gasteiger partial charge in [-0.25, -0.2) is 0 Å². The Bertz CT molecular complexity index is 884. The third kappa shape index (κ3) is 1.98. The largest absolute Gasteiger partial charge is 0.451 e. The number of benzene rings is 2. The van der Waals surface area contributed by atoms with Crippen LogP contribution in [-0.4, -0.2) is 11.9 Å². The van der Waals surface area contributed by atoms with Gasteiger partial charge in [0.2, 0.25) is 0 Å². The van der Waals surface area contributed by atoms with E-state index < -0.39 is 0 Å². The first-order valence-electron chi connectivity index (χ1n) is 7.24. The third-order valence-electron chi connectivity index (χ3n) is 4.15. The molecule has 0 saturated carbocycles. The molecule has 0 fully saturated rings. The summed E-state index contributed by atoms with van der Waals surface area (Å²) in [5, 5.41) is 0.922. The summed E-state index contributed by atoms with van der Waals surface area (Å²) in [4.78, 5) is 14.8. The highest BCUT2D eigenvalue weighted by atomic mass is 79.9. The number of nitrogens with zero attached hydrogens (tertiary/aromatic N) is 1. The zero-order valence-electron chi connectivity index (χ0n) is 12.0. The highest BCUT2D eigenvalue weighted by Crippen LogP contribution is 2.34. The first-order chi connectivity index (χ1) is 10.6. The quantitative estimate of drug-likeness (QED) is 0.628. The Balaban J connectivity index is 1.79. The molecule has 0 bridgehead atoms. The molecule has 0 aliphatic carbocycles. The lowest BCUT2D eigenvalue weighted by molar-refractivity contribution is 0.0957. The van der Waals surface area contributed by atoms with Crippen LogP contribution >= 0.6 is 15.9 Å². The predicted molar refractivity (Wildman–Crippen MR) is 90.3 cm³/mol. The molecule has 0 spiro atoms. The maximum Gasteiger partial charge on any atom is 0.294 e. The van der Waals surface area contributed by atoms with Gasteiger partial charge < -0.3 is 9.32 Å². The fraction of sp³-hybridized carbons (Fsp3) is 0.167. The lowest BCUT2D eigenvalue weighted by Crippen LogP contribution is -2.35. The third-order valence-corrected chi connectivity index (χ3v) is 4.84. The summed E-state index contributed by atoms with van der Waals surface area (Å²) in [7, 11) is 0. The van der Waals surface area contributed by atoms with Crippen molar-refractivity contribution in [2.24, 2.45) is 0 Å². The monoisotopic (exact) mass is 355 g/mol. The van der Waals surface area contributed by atoms with Gasteiger partial charge in [-0.1, -0.05) is 40.2 Å². The molecule has 1 amide bonds. The van der Waals surface area contributed by atoms with E-state index in [0.29, 0.717) is 5.76 Å². The molecular weight excluding hydrogens is 342 g/mol. The van der Waals surface area contributed by atoms with Crippen molar-refractivity contribution in [3.8, 4) is 0 Å². The van der Waals surface area contributed by atoms with Crippen LogP contribution in [0.1, 0.15) is 23.0 Å². The smallest absolute Gasteiger partial charge is 0.294 e. The molecule has 3 aromatic rings. The van der Waals surface area contributed by atoms with Gasteiger partial charge in [-0.05, 0) is 43.2 Å². The summed E-state index contributed by atoms with van der Waals surface area (Å²) in [6, 6.07) is 15.7. The van der Waals surface area contributed by atoms with Crippen molar-refractivity contribution in [1.29, 1.82) is 0 Å². The Morgan fingerprint density at radius 3 is 2.86 bits per heavy atom. The molecule has 1 aromatic heterocycles. The average molecular weight is 356 g/mol. The van der Waals surface area contributed by atoms with Crippen LogP contribution in [0.15, 0.2) is 57.4 Å². The Morgan fingerprint density at radius 2 is 2.05 bits per heavy atom. The second kappa shape index (κ2) is 4.99. The van der Waals surface area contributed by atoms with Crippen LogP contribution in [0.5, 0.6) is 0 Å². The Kier molecular flexibility index (Phi) is 3.08.